The molecule has 1 aromatic rings. The molecular formula is C15H16FNO2. The molecule has 0 amide bonds. The first-order valence-corrected chi connectivity index (χ1v) is 6.51. The fourth-order valence-electron chi connectivity index (χ4n) is 2.13. The normalized spacial score (nSPS) is 20.4. The van der Waals surface area contributed by atoms with Gasteiger partial charge in [-0.2, -0.15) is 0 Å². The zero-order valence-corrected chi connectivity index (χ0v) is 10.9. The van der Waals surface area contributed by atoms with Crippen molar-refractivity contribution in [3.8, 4) is 0 Å². The van der Waals surface area contributed by atoms with Crippen molar-refractivity contribution in [1.82, 2.24) is 4.90 Å². The highest BCUT2D eigenvalue weighted by Gasteiger charge is 2.33. The zero-order valence-electron chi connectivity index (χ0n) is 10.9. The Morgan fingerprint density at radius 3 is 2.63 bits per heavy atom. The number of halogens is 1. The highest BCUT2D eigenvalue weighted by Crippen LogP contribution is 2.34. The summed E-state index contributed by atoms with van der Waals surface area (Å²) in [5.41, 5.74) is 2.46. The second-order valence-electron chi connectivity index (χ2n) is 5.08. The van der Waals surface area contributed by atoms with Gasteiger partial charge in [0.2, 0.25) is 0 Å². The fourth-order valence-corrected chi connectivity index (χ4v) is 2.13. The molecule has 1 aromatic carbocycles. The van der Waals surface area contributed by atoms with Gasteiger partial charge in [-0.05, 0) is 37.5 Å². The predicted molar refractivity (Wildman–Crippen MR) is 69.7 cm³/mol. The van der Waals surface area contributed by atoms with Crippen molar-refractivity contribution in [3.63, 3.8) is 0 Å². The first-order chi connectivity index (χ1) is 9.15. The molecule has 0 N–H and O–H groups in total. The Morgan fingerprint density at radius 2 is 2.05 bits per heavy atom. The van der Waals surface area contributed by atoms with Crippen molar-refractivity contribution < 1.29 is 13.9 Å². The van der Waals surface area contributed by atoms with Crippen LogP contribution in [-0.4, -0.2) is 30.1 Å². The van der Waals surface area contributed by atoms with E-state index in [9.17, 15) is 9.18 Å². The van der Waals surface area contributed by atoms with Crippen molar-refractivity contribution in [2.75, 3.05) is 13.3 Å². The Kier molecular flexibility index (Phi) is 3.11. The van der Waals surface area contributed by atoms with Crippen LogP contribution < -0.4 is 0 Å². The topological polar surface area (TPSA) is 29.3 Å². The Balaban J connectivity index is 1.77. The maximum Gasteiger partial charge on any atom is 0.162 e. The van der Waals surface area contributed by atoms with Crippen LogP contribution in [0.4, 0.5) is 4.39 Å². The third-order valence-corrected chi connectivity index (χ3v) is 3.38. The third-order valence-electron chi connectivity index (χ3n) is 3.38. The largest absolute Gasteiger partial charge is 0.358 e. The lowest BCUT2D eigenvalue weighted by Crippen LogP contribution is -2.06. The summed E-state index contributed by atoms with van der Waals surface area (Å²) in [6.07, 6.45) is 2.70. The Bertz CT molecular complexity index is 532. The third kappa shape index (κ3) is 2.84. The van der Waals surface area contributed by atoms with Crippen LogP contribution >= 0.6 is 0 Å². The van der Waals surface area contributed by atoms with Gasteiger partial charge in [0.1, 0.15) is 12.5 Å². The van der Waals surface area contributed by atoms with Crippen molar-refractivity contribution in [3.05, 3.63) is 41.3 Å². The lowest BCUT2D eigenvalue weighted by atomic mass is 10.0. The summed E-state index contributed by atoms with van der Waals surface area (Å²) in [5, 5.41) is 0. The Labute approximate surface area is 111 Å². The number of ketones is 1. The fraction of sp³-hybridized carbons (Fsp3) is 0.400. The second-order valence-corrected chi connectivity index (χ2v) is 5.08. The minimum Gasteiger partial charge on any atom is -0.358 e. The van der Waals surface area contributed by atoms with E-state index in [2.05, 4.69) is 0 Å². The number of allylic oxidation sites excluding steroid dienone is 1. The molecule has 4 heteroatoms. The first-order valence-electron chi connectivity index (χ1n) is 6.51. The van der Waals surface area contributed by atoms with Crippen LogP contribution in [0.2, 0.25) is 0 Å². The molecule has 1 saturated heterocycles. The van der Waals surface area contributed by atoms with Gasteiger partial charge in [0.05, 0.1) is 12.6 Å². The number of nitrogens with zero attached hydrogens (tertiary/aromatic N) is 1. The summed E-state index contributed by atoms with van der Waals surface area (Å²) >= 11 is 0. The van der Waals surface area contributed by atoms with Crippen molar-refractivity contribution in [2.24, 2.45) is 0 Å². The molecule has 1 heterocycles. The van der Waals surface area contributed by atoms with Gasteiger partial charge < -0.3 is 9.64 Å². The first kappa shape index (κ1) is 12.4. The number of benzene rings is 1. The zero-order chi connectivity index (χ0) is 13.4. The molecule has 3 rings (SSSR count). The molecule has 3 nitrogen and oxygen atoms in total. The van der Waals surface area contributed by atoms with Crippen LogP contribution in [0.1, 0.15) is 25.3 Å². The number of carbonyl (C=O) groups is 1. The van der Waals surface area contributed by atoms with E-state index in [0.717, 1.165) is 30.6 Å². The molecule has 0 spiro atoms. The summed E-state index contributed by atoms with van der Waals surface area (Å²) in [7, 11) is 0. The highest BCUT2D eigenvalue weighted by molar-refractivity contribution is 6.21. The van der Waals surface area contributed by atoms with Crippen LogP contribution in [0.3, 0.4) is 0 Å². The number of carbonyl (C=O) groups excluding carboxylic acids is 1. The van der Waals surface area contributed by atoms with E-state index >= 15 is 0 Å². The summed E-state index contributed by atoms with van der Waals surface area (Å²) in [4.78, 5) is 13.8. The molecule has 100 valence electrons. The van der Waals surface area contributed by atoms with E-state index in [1.807, 2.05) is 4.90 Å². The summed E-state index contributed by atoms with van der Waals surface area (Å²) in [6, 6.07) is 6.06. The van der Waals surface area contributed by atoms with Gasteiger partial charge in [-0.15, -0.1) is 0 Å². The van der Waals surface area contributed by atoms with E-state index in [1.165, 1.54) is 12.1 Å². The van der Waals surface area contributed by atoms with E-state index in [-0.39, 0.29) is 11.6 Å². The smallest absolute Gasteiger partial charge is 0.162 e. The van der Waals surface area contributed by atoms with Gasteiger partial charge in [0.25, 0.3) is 0 Å². The highest BCUT2D eigenvalue weighted by atomic mass is 19.1. The van der Waals surface area contributed by atoms with Crippen LogP contribution in [-0.2, 0) is 9.53 Å². The van der Waals surface area contributed by atoms with E-state index in [0.29, 0.717) is 18.4 Å². The molecule has 1 aliphatic heterocycles. The maximum absolute atomic E-state index is 12.9. The summed E-state index contributed by atoms with van der Waals surface area (Å²) < 4.78 is 18.5. The number of hydrogen-bond donors (Lipinski definition) is 0. The SMILES string of the molecule is CC(=O)/C(=C1\CN1COC1CC1)c1ccc(F)cc1. The standard InChI is InChI=1S/C15H16FNO2/c1-10(18)15(11-2-4-12(16)5-3-11)14-8-17(14)9-19-13-6-7-13/h2-5,13H,6-9H2,1H3/b15-14-. The van der Waals surface area contributed by atoms with E-state index in [4.69, 9.17) is 4.74 Å². The molecule has 2 fully saturated rings. The quantitative estimate of drug-likeness (QED) is 0.602. The van der Waals surface area contributed by atoms with Crippen molar-refractivity contribution in [2.45, 2.75) is 25.9 Å². The lowest BCUT2D eigenvalue weighted by Gasteiger charge is -2.06. The number of Topliss-reactive ketones (excluding diaryl/α,β-unsaturated/α-hetero) is 1. The van der Waals surface area contributed by atoms with Gasteiger partial charge in [-0.3, -0.25) is 4.79 Å². The average molecular weight is 261 g/mol. The number of hydrogen-bond acceptors (Lipinski definition) is 3. The molecule has 1 aliphatic carbocycles. The van der Waals surface area contributed by atoms with Gasteiger partial charge >= 0.3 is 0 Å². The van der Waals surface area contributed by atoms with Crippen LogP contribution in [0.25, 0.3) is 5.57 Å². The molecule has 0 radical (unpaired) electrons. The van der Waals surface area contributed by atoms with Crippen LogP contribution in [0.5, 0.6) is 0 Å². The molecular weight excluding hydrogens is 245 g/mol. The molecule has 0 bridgehead atoms. The number of ether oxygens (including phenoxy) is 1. The molecule has 0 atom stereocenters. The van der Waals surface area contributed by atoms with Gasteiger partial charge in [-0.1, -0.05) is 12.1 Å². The van der Waals surface area contributed by atoms with E-state index < -0.39 is 0 Å². The van der Waals surface area contributed by atoms with Gasteiger partial charge in [-0.25, -0.2) is 4.39 Å². The molecule has 19 heavy (non-hydrogen) atoms. The molecule has 2 aliphatic rings. The summed E-state index contributed by atoms with van der Waals surface area (Å²) in [5.74, 6) is -0.281. The van der Waals surface area contributed by atoms with Crippen molar-refractivity contribution in [1.29, 1.82) is 0 Å². The summed E-state index contributed by atoms with van der Waals surface area (Å²) in [6.45, 7) is 2.86. The Hall–Kier alpha value is -1.68. The molecule has 0 unspecified atom stereocenters. The van der Waals surface area contributed by atoms with Gasteiger partial charge in [0, 0.05) is 11.3 Å². The average Bonchev–Trinajstić information content (AvgIpc) is 3.23. The Morgan fingerprint density at radius 1 is 1.37 bits per heavy atom. The molecule has 0 aromatic heterocycles. The number of rotatable bonds is 5. The second kappa shape index (κ2) is 4.78. The predicted octanol–water partition coefficient (Wildman–Crippen LogP) is 2.58. The van der Waals surface area contributed by atoms with Gasteiger partial charge in [0.15, 0.2) is 5.78 Å². The van der Waals surface area contributed by atoms with Crippen LogP contribution in [0.15, 0.2) is 30.0 Å². The van der Waals surface area contributed by atoms with Crippen LogP contribution in [0, 0.1) is 5.82 Å². The monoisotopic (exact) mass is 261 g/mol. The van der Waals surface area contributed by atoms with Crippen molar-refractivity contribution >= 4 is 11.4 Å². The molecule has 1 saturated carbocycles. The van der Waals surface area contributed by atoms with E-state index in [1.54, 1.807) is 19.1 Å². The minimum absolute atomic E-state index is 0.00975. The maximum atomic E-state index is 12.9. The lowest BCUT2D eigenvalue weighted by molar-refractivity contribution is -0.111. The minimum atomic E-state index is -0.290.